The van der Waals surface area contributed by atoms with Gasteiger partial charge in [-0.25, -0.2) is 9.18 Å². The molecule has 1 aromatic carbocycles. The molecule has 0 atom stereocenters. The van der Waals surface area contributed by atoms with Crippen LogP contribution in [-0.4, -0.2) is 36.6 Å². The Kier molecular flexibility index (Phi) is 4.87. The van der Waals surface area contributed by atoms with Crippen LogP contribution in [0.25, 0.3) is 0 Å². The van der Waals surface area contributed by atoms with Crippen molar-refractivity contribution in [3.8, 4) is 0 Å². The highest BCUT2D eigenvalue weighted by molar-refractivity contribution is 9.10. The first-order valence-electron chi connectivity index (χ1n) is 6.91. The number of carbonyl (C=O) groups excluding carboxylic acids is 2. The fourth-order valence-electron chi connectivity index (χ4n) is 1.94. The summed E-state index contributed by atoms with van der Waals surface area (Å²) in [4.78, 5) is 30.9. The number of benzene rings is 1. The second kappa shape index (κ2) is 6.34. The van der Waals surface area contributed by atoms with Crippen molar-refractivity contribution in [2.45, 2.75) is 20.8 Å². The molecular weight excluding hydrogens is 355 g/mol. The van der Waals surface area contributed by atoms with Crippen LogP contribution in [-0.2, 0) is 14.4 Å². The zero-order valence-corrected chi connectivity index (χ0v) is 14.3. The van der Waals surface area contributed by atoms with Crippen molar-refractivity contribution in [1.82, 2.24) is 5.06 Å². The number of piperazine rings is 1. The summed E-state index contributed by atoms with van der Waals surface area (Å²) in [5, 5.41) is 1.36. The number of carbonyl (C=O) groups is 2. The Bertz CT molecular complexity index is 601. The van der Waals surface area contributed by atoms with E-state index >= 15 is 0 Å². The van der Waals surface area contributed by atoms with Crippen LogP contribution in [0.3, 0.4) is 0 Å². The van der Waals surface area contributed by atoms with E-state index in [9.17, 15) is 14.0 Å². The average molecular weight is 373 g/mol. The topological polar surface area (TPSA) is 49.9 Å². The molecular formula is C15H18BrFN2O3. The van der Waals surface area contributed by atoms with Crippen molar-refractivity contribution in [1.29, 1.82) is 0 Å². The largest absolute Gasteiger partial charge is 0.367 e. The molecule has 1 heterocycles. The number of halogens is 2. The van der Waals surface area contributed by atoms with Crippen molar-refractivity contribution < 1.29 is 18.8 Å². The van der Waals surface area contributed by atoms with Gasteiger partial charge in [-0.1, -0.05) is 0 Å². The predicted molar refractivity (Wildman–Crippen MR) is 83.6 cm³/mol. The van der Waals surface area contributed by atoms with Crippen molar-refractivity contribution in [2.24, 2.45) is 5.41 Å². The van der Waals surface area contributed by atoms with Crippen molar-refractivity contribution >= 4 is 33.5 Å². The second-order valence-electron chi connectivity index (χ2n) is 6.13. The Morgan fingerprint density at radius 2 is 2.00 bits per heavy atom. The molecule has 0 N–H and O–H groups in total. The van der Waals surface area contributed by atoms with Crippen LogP contribution in [0.5, 0.6) is 0 Å². The summed E-state index contributed by atoms with van der Waals surface area (Å²) in [7, 11) is 0. The van der Waals surface area contributed by atoms with Gasteiger partial charge in [0.1, 0.15) is 12.4 Å². The molecule has 0 aromatic heterocycles. The van der Waals surface area contributed by atoms with Crippen LogP contribution in [0.2, 0.25) is 0 Å². The molecule has 120 valence electrons. The maximum atomic E-state index is 13.1. The third-order valence-electron chi connectivity index (χ3n) is 3.21. The van der Waals surface area contributed by atoms with Crippen LogP contribution < -0.4 is 4.90 Å². The molecule has 1 aromatic rings. The summed E-state index contributed by atoms with van der Waals surface area (Å²) in [6, 6.07) is 4.17. The lowest BCUT2D eigenvalue weighted by atomic mass is 9.98. The molecule has 0 saturated carbocycles. The summed E-state index contributed by atoms with van der Waals surface area (Å²) in [5.74, 6) is -0.960. The summed E-state index contributed by atoms with van der Waals surface area (Å²) < 4.78 is 13.6. The van der Waals surface area contributed by atoms with E-state index in [0.717, 1.165) is 0 Å². The van der Waals surface area contributed by atoms with Gasteiger partial charge in [-0.3, -0.25) is 4.79 Å². The van der Waals surface area contributed by atoms with Crippen molar-refractivity contribution in [3.05, 3.63) is 28.5 Å². The summed E-state index contributed by atoms with van der Waals surface area (Å²) in [6.07, 6.45) is 0. The van der Waals surface area contributed by atoms with Crippen molar-refractivity contribution in [2.75, 3.05) is 24.5 Å². The molecule has 0 spiro atoms. The molecule has 1 aliphatic heterocycles. The smallest absolute Gasteiger partial charge is 0.330 e. The third-order valence-corrected chi connectivity index (χ3v) is 3.85. The number of rotatable bonds is 2. The lowest BCUT2D eigenvalue weighted by Crippen LogP contribution is -2.51. The number of anilines is 1. The fourth-order valence-corrected chi connectivity index (χ4v) is 2.50. The zero-order valence-electron chi connectivity index (χ0n) is 12.7. The molecule has 1 saturated heterocycles. The Labute approximate surface area is 137 Å². The van der Waals surface area contributed by atoms with Gasteiger partial charge in [0, 0.05) is 11.0 Å². The Hall–Kier alpha value is -1.47. The van der Waals surface area contributed by atoms with E-state index in [2.05, 4.69) is 15.9 Å². The molecule has 7 heteroatoms. The Balaban J connectivity index is 2.04. The van der Waals surface area contributed by atoms with E-state index in [1.807, 2.05) is 0 Å². The third kappa shape index (κ3) is 3.84. The first-order valence-corrected chi connectivity index (χ1v) is 7.70. The van der Waals surface area contributed by atoms with Gasteiger partial charge in [-0.15, -0.1) is 5.06 Å². The molecule has 0 aliphatic carbocycles. The van der Waals surface area contributed by atoms with Gasteiger partial charge in [0.25, 0.3) is 0 Å². The number of hydroxylamine groups is 2. The first kappa shape index (κ1) is 16.9. The summed E-state index contributed by atoms with van der Waals surface area (Å²) in [6.45, 7) is 6.00. The molecule has 1 fully saturated rings. The maximum Gasteiger partial charge on any atom is 0.330 e. The highest BCUT2D eigenvalue weighted by Crippen LogP contribution is 2.28. The van der Waals surface area contributed by atoms with Crippen molar-refractivity contribution in [3.63, 3.8) is 0 Å². The van der Waals surface area contributed by atoms with Gasteiger partial charge in [0.15, 0.2) is 0 Å². The van der Waals surface area contributed by atoms with Crippen LogP contribution in [0.4, 0.5) is 10.1 Å². The zero-order chi connectivity index (χ0) is 16.5. The van der Waals surface area contributed by atoms with Crippen LogP contribution in [0.1, 0.15) is 20.8 Å². The molecule has 22 heavy (non-hydrogen) atoms. The molecule has 0 radical (unpaired) electrons. The number of amides is 1. The summed E-state index contributed by atoms with van der Waals surface area (Å²) in [5.41, 5.74) is -0.0200. The normalized spacial score (nSPS) is 16.8. The molecule has 0 unspecified atom stereocenters. The van der Waals surface area contributed by atoms with Gasteiger partial charge in [-0.05, 0) is 54.9 Å². The molecule has 1 aliphatic rings. The van der Waals surface area contributed by atoms with Gasteiger partial charge >= 0.3 is 5.97 Å². The Morgan fingerprint density at radius 1 is 1.32 bits per heavy atom. The predicted octanol–water partition coefficient (Wildman–Crippen LogP) is 2.74. The standard InChI is InChI=1S/C15H18BrFN2O3/c1-15(2,3)14(21)22-18-6-7-19(13(20)9-18)12-5-4-10(17)8-11(12)16/h4-5,8H,6-7,9H2,1-3H3. The van der Waals surface area contributed by atoms with E-state index in [4.69, 9.17) is 4.84 Å². The van der Waals surface area contributed by atoms with Gasteiger partial charge in [0.2, 0.25) is 5.91 Å². The molecule has 5 nitrogen and oxygen atoms in total. The van der Waals surface area contributed by atoms with Crippen LogP contribution >= 0.6 is 15.9 Å². The monoisotopic (exact) mass is 372 g/mol. The van der Waals surface area contributed by atoms with E-state index in [0.29, 0.717) is 23.2 Å². The highest BCUT2D eigenvalue weighted by Gasteiger charge is 2.31. The molecule has 0 bridgehead atoms. The van der Waals surface area contributed by atoms with Gasteiger partial charge in [0.05, 0.1) is 17.6 Å². The first-order chi connectivity index (χ1) is 10.2. The van der Waals surface area contributed by atoms with E-state index in [1.54, 1.807) is 31.7 Å². The quantitative estimate of drug-likeness (QED) is 0.800. The molecule has 1 amide bonds. The number of hydrogen-bond donors (Lipinski definition) is 0. The fraction of sp³-hybridized carbons (Fsp3) is 0.467. The van der Waals surface area contributed by atoms with Gasteiger partial charge < -0.3 is 9.74 Å². The van der Waals surface area contributed by atoms with Crippen LogP contribution in [0.15, 0.2) is 22.7 Å². The number of hydrogen-bond acceptors (Lipinski definition) is 4. The second-order valence-corrected chi connectivity index (χ2v) is 6.99. The maximum absolute atomic E-state index is 13.1. The van der Waals surface area contributed by atoms with Crippen LogP contribution in [0, 0.1) is 11.2 Å². The summed E-state index contributed by atoms with van der Waals surface area (Å²) >= 11 is 3.26. The average Bonchev–Trinajstić information content (AvgIpc) is 2.39. The highest BCUT2D eigenvalue weighted by atomic mass is 79.9. The lowest BCUT2D eigenvalue weighted by Gasteiger charge is -2.34. The minimum Gasteiger partial charge on any atom is -0.367 e. The van der Waals surface area contributed by atoms with Gasteiger partial charge in [-0.2, -0.15) is 0 Å². The number of nitrogens with zero attached hydrogens (tertiary/aromatic N) is 2. The SMILES string of the molecule is CC(C)(C)C(=O)ON1CCN(c2ccc(F)cc2Br)C(=O)C1. The molecule has 2 rings (SSSR count). The lowest BCUT2D eigenvalue weighted by molar-refractivity contribution is -0.202. The minimum absolute atomic E-state index is 0.0222. The minimum atomic E-state index is -0.625. The van der Waals surface area contributed by atoms with E-state index in [1.165, 1.54) is 17.2 Å². The Morgan fingerprint density at radius 3 is 2.55 bits per heavy atom. The van der Waals surface area contributed by atoms with E-state index in [-0.39, 0.29) is 24.2 Å². The van der Waals surface area contributed by atoms with E-state index < -0.39 is 5.41 Å².